The topological polar surface area (TPSA) is 104 Å². The number of carbonyl (C=O) groups is 3. The summed E-state index contributed by atoms with van der Waals surface area (Å²) >= 11 is 0. The zero-order valence-electron chi connectivity index (χ0n) is 18.4. The number of nitrogens with zero attached hydrogens (tertiary/aromatic N) is 3. The minimum atomic E-state index is -0.294. The van der Waals surface area contributed by atoms with Crippen LogP contribution in [0, 0.1) is 5.92 Å². The van der Waals surface area contributed by atoms with Crippen LogP contribution in [-0.4, -0.2) is 52.7 Å². The highest BCUT2D eigenvalue weighted by Crippen LogP contribution is 2.23. The van der Waals surface area contributed by atoms with Crippen molar-refractivity contribution in [1.82, 2.24) is 20.2 Å². The molecular formula is C25H25N5O3. The highest BCUT2D eigenvalue weighted by atomic mass is 16.2. The largest absolute Gasteiger partial charge is 0.355 e. The molecule has 0 radical (unpaired) electrons. The molecule has 2 heterocycles. The monoisotopic (exact) mass is 443 g/mol. The normalized spacial score (nSPS) is 15.3. The van der Waals surface area contributed by atoms with E-state index in [1.807, 2.05) is 11.0 Å². The van der Waals surface area contributed by atoms with E-state index in [4.69, 9.17) is 0 Å². The van der Waals surface area contributed by atoms with E-state index in [1.54, 1.807) is 49.6 Å². The van der Waals surface area contributed by atoms with Crippen molar-refractivity contribution in [2.75, 3.05) is 25.5 Å². The Labute approximate surface area is 191 Å². The van der Waals surface area contributed by atoms with E-state index in [0.717, 1.165) is 17.3 Å². The van der Waals surface area contributed by atoms with Crippen LogP contribution in [-0.2, 0) is 11.2 Å². The number of anilines is 1. The van der Waals surface area contributed by atoms with Crippen molar-refractivity contribution in [1.29, 1.82) is 0 Å². The number of nitrogens with one attached hydrogen (secondary N) is 2. The number of benzene rings is 2. The predicted octanol–water partition coefficient (Wildman–Crippen LogP) is 2.82. The molecule has 0 aliphatic carbocycles. The Morgan fingerprint density at radius 3 is 2.64 bits per heavy atom. The lowest BCUT2D eigenvalue weighted by molar-refractivity contribution is -0.111. The third-order valence-corrected chi connectivity index (χ3v) is 5.75. The lowest BCUT2D eigenvalue weighted by Crippen LogP contribution is -2.29. The quantitative estimate of drug-likeness (QED) is 0.570. The first-order valence-corrected chi connectivity index (χ1v) is 10.8. The van der Waals surface area contributed by atoms with Gasteiger partial charge < -0.3 is 15.5 Å². The standard InChI is InChI=1S/C25H25N5O3/c1-3-23(31)28-20-8-6-17(7-9-20)25(33)30-11-10-16(15-30)12-22-27-14-19-5-4-18(24(32)26-2)13-21(19)29-22/h3-9,13-14,16H,1,10-12,15H2,2H3,(H,26,32)(H,28,31)/t16-/m0/s1. The lowest BCUT2D eigenvalue weighted by atomic mass is 10.0. The van der Waals surface area contributed by atoms with E-state index < -0.39 is 0 Å². The van der Waals surface area contributed by atoms with Crippen LogP contribution >= 0.6 is 0 Å². The second-order valence-electron chi connectivity index (χ2n) is 8.02. The Morgan fingerprint density at radius 2 is 1.91 bits per heavy atom. The van der Waals surface area contributed by atoms with Gasteiger partial charge in [0.2, 0.25) is 5.91 Å². The van der Waals surface area contributed by atoms with Gasteiger partial charge in [0.1, 0.15) is 5.82 Å². The fourth-order valence-electron chi connectivity index (χ4n) is 3.96. The highest BCUT2D eigenvalue weighted by molar-refractivity contribution is 6.00. The van der Waals surface area contributed by atoms with Gasteiger partial charge in [0.05, 0.1) is 5.52 Å². The molecule has 0 bridgehead atoms. The number of hydrogen-bond donors (Lipinski definition) is 2. The molecule has 168 valence electrons. The highest BCUT2D eigenvalue weighted by Gasteiger charge is 2.27. The van der Waals surface area contributed by atoms with Gasteiger partial charge in [-0.25, -0.2) is 9.97 Å². The second-order valence-corrected chi connectivity index (χ2v) is 8.02. The van der Waals surface area contributed by atoms with Crippen LogP contribution in [0.25, 0.3) is 10.9 Å². The average molecular weight is 444 g/mol. The first-order chi connectivity index (χ1) is 16.0. The van der Waals surface area contributed by atoms with Gasteiger partial charge in [-0.2, -0.15) is 0 Å². The van der Waals surface area contributed by atoms with E-state index in [1.165, 1.54) is 6.08 Å². The molecule has 2 aromatic carbocycles. The Kier molecular flexibility index (Phi) is 6.44. The van der Waals surface area contributed by atoms with Crippen LogP contribution in [0.15, 0.2) is 61.3 Å². The molecule has 1 fully saturated rings. The molecule has 1 aliphatic heterocycles. The van der Waals surface area contributed by atoms with E-state index in [2.05, 4.69) is 27.2 Å². The first-order valence-electron chi connectivity index (χ1n) is 10.8. The van der Waals surface area contributed by atoms with Crippen molar-refractivity contribution in [3.05, 3.63) is 78.3 Å². The Hall–Kier alpha value is -4.07. The van der Waals surface area contributed by atoms with Gasteiger partial charge in [-0.05, 0) is 54.8 Å². The van der Waals surface area contributed by atoms with Crippen LogP contribution in [0.5, 0.6) is 0 Å². The van der Waals surface area contributed by atoms with Crippen molar-refractivity contribution < 1.29 is 14.4 Å². The van der Waals surface area contributed by atoms with Gasteiger partial charge in [0.15, 0.2) is 0 Å². The number of amides is 3. The van der Waals surface area contributed by atoms with E-state index in [0.29, 0.717) is 42.1 Å². The summed E-state index contributed by atoms with van der Waals surface area (Å²) in [4.78, 5) is 47.2. The Balaban J connectivity index is 1.40. The first kappa shape index (κ1) is 22.1. The summed E-state index contributed by atoms with van der Waals surface area (Å²) in [5.41, 5.74) is 2.48. The van der Waals surface area contributed by atoms with Crippen molar-refractivity contribution in [3.63, 3.8) is 0 Å². The SMILES string of the molecule is C=CC(=O)Nc1ccc(C(=O)N2CC[C@@H](Cc3ncc4ccc(C(=O)NC)cc4n3)C2)cc1. The maximum atomic E-state index is 12.9. The Bertz CT molecular complexity index is 1220. The van der Waals surface area contributed by atoms with Crippen LogP contribution in [0.2, 0.25) is 0 Å². The molecule has 3 amide bonds. The molecule has 1 aromatic heterocycles. The van der Waals surface area contributed by atoms with E-state index >= 15 is 0 Å². The maximum absolute atomic E-state index is 12.9. The zero-order valence-corrected chi connectivity index (χ0v) is 18.4. The number of aromatic nitrogens is 2. The summed E-state index contributed by atoms with van der Waals surface area (Å²) in [6.45, 7) is 4.73. The van der Waals surface area contributed by atoms with Crippen molar-refractivity contribution in [2.45, 2.75) is 12.8 Å². The fourth-order valence-corrected chi connectivity index (χ4v) is 3.96. The van der Waals surface area contributed by atoms with E-state index in [-0.39, 0.29) is 23.6 Å². The van der Waals surface area contributed by atoms with Crippen LogP contribution in [0.4, 0.5) is 5.69 Å². The third-order valence-electron chi connectivity index (χ3n) is 5.75. The zero-order chi connectivity index (χ0) is 23.4. The van der Waals surface area contributed by atoms with Gasteiger partial charge in [0.25, 0.3) is 11.8 Å². The molecule has 1 aliphatic rings. The summed E-state index contributed by atoms with van der Waals surface area (Å²) in [5.74, 6) is 0.488. The predicted molar refractivity (Wildman–Crippen MR) is 126 cm³/mol. The van der Waals surface area contributed by atoms with Crippen LogP contribution in [0.1, 0.15) is 33.0 Å². The van der Waals surface area contributed by atoms with Crippen molar-refractivity contribution >= 4 is 34.3 Å². The average Bonchev–Trinajstić information content (AvgIpc) is 3.31. The number of carbonyl (C=O) groups excluding carboxylic acids is 3. The maximum Gasteiger partial charge on any atom is 0.253 e. The van der Waals surface area contributed by atoms with E-state index in [9.17, 15) is 14.4 Å². The summed E-state index contributed by atoms with van der Waals surface area (Å²) < 4.78 is 0. The number of likely N-dealkylation sites (tertiary alicyclic amines) is 1. The van der Waals surface area contributed by atoms with Crippen molar-refractivity contribution in [3.8, 4) is 0 Å². The molecular weight excluding hydrogens is 418 g/mol. The molecule has 8 nitrogen and oxygen atoms in total. The lowest BCUT2D eigenvalue weighted by Gasteiger charge is -2.17. The molecule has 8 heteroatoms. The summed E-state index contributed by atoms with van der Waals surface area (Å²) in [5, 5.41) is 6.17. The van der Waals surface area contributed by atoms with Gasteiger partial charge in [-0.1, -0.05) is 12.6 Å². The minimum absolute atomic E-state index is 0.0336. The molecule has 2 N–H and O–H groups in total. The minimum Gasteiger partial charge on any atom is -0.355 e. The van der Waals surface area contributed by atoms with Gasteiger partial charge in [-0.3, -0.25) is 14.4 Å². The van der Waals surface area contributed by atoms with Crippen molar-refractivity contribution in [2.24, 2.45) is 5.92 Å². The fraction of sp³-hybridized carbons (Fsp3) is 0.240. The van der Waals surface area contributed by atoms with Gasteiger partial charge >= 0.3 is 0 Å². The molecule has 1 saturated heterocycles. The molecule has 0 spiro atoms. The molecule has 3 aromatic rings. The smallest absolute Gasteiger partial charge is 0.253 e. The van der Waals surface area contributed by atoms with Gasteiger partial charge in [0, 0.05) is 55.0 Å². The summed E-state index contributed by atoms with van der Waals surface area (Å²) in [6, 6.07) is 12.2. The van der Waals surface area contributed by atoms with Gasteiger partial charge in [-0.15, -0.1) is 0 Å². The van der Waals surface area contributed by atoms with Crippen LogP contribution < -0.4 is 10.6 Å². The molecule has 33 heavy (non-hydrogen) atoms. The molecule has 0 saturated carbocycles. The molecule has 1 atom stereocenters. The second kappa shape index (κ2) is 9.60. The number of hydrogen-bond acceptors (Lipinski definition) is 5. The molecule has 4 rings (SSSR count). The van der Waals surface area contributed by atoms with Crippen LogP contribution in [0.3, 0.4) is 0 Å². The molecule has 0 unspecified atom stereocenters. The summed E-state index contributed by atoms with van der Waals surface area (Å²) in [6.07, 6.45) is 4.51. The Morgan fingerprint density at radius 1 is 1.15 bits per heavy atom. The number of rotatable bonds is 6. The third kappa shape index (κ3) is 5.06. The number of fused-ring (bicyclic) bond motifs is 1. The summed E-state index contributed by atoms with van der Waals surface area (Å²) in [7, 11) is 1.60.